The maximum absolute atomic E-state index is 4.69. The van der Waals surface area contributed by atoms with Gasteiger partial charge >= 0.3 is 0 Å². The molecular formula is C31H35N3S. The first-order chi connectivity index (χ1) is 17.0. The highest BCUT2D eigenvalue weighted by atomic mass is 32.2. The van der Waals surface area contributed by atoms with Crippen molar-refractivity contribution in [3.63, 3.8) is 0 Å². The highest BCUT2D eigenvalue weighted by Gasteiger charge is 2.26. The van der Waals surface area contributed by atoms with Crippen molar-refractivity contribution in [1.82, 2.24) is 8.96 Å². The molecule has 35 heavy (non-hydrogen) atoms. The maximum atomic E-state index is 4.69. The Bertz CT molecular complexity index is 1300. The first kappa shape index (κ1) is 23.7. The molecule has 1 fully saturated rings. The van der Waals surface area contributed by atoms with Crippen LogP contribution in [0.4, 0.5) is 5.69 Å². The Kier molecular flexibility index (Phi) is 7.01. The fourth-order valence-corrected chi connectivity index (χ4v) is 6.19. The van der Waals surface area contributed by atoms with Gasteiger partial charge in [0.05, 0.1) is 11.4 Å². The average molecular weight is 482 g/mol. The van der Waals surface area contributed by atoms with Gasteiger partial charge in [0, 0.05) is 36.0 Å². The normalized spacial score (nSPS) is 14.5. The summed E-state index contributed by atoms with van der Waals surface area (Å²) in [5.41, 5.74) is 12.0. The number of rotatable bonds is 6. The van der Waals surface area contributed by atoms with Crippen molar-refractivity contribution in [2.24, 2.45) is 0 Å². The van der Waals surface area contributed by atoms with Gasteiger partial charge in [-0.05, 0) is 86.4 Å². The lowest BCUT2D eigenvalue weighted by atomic mass is 9.91. The third kappa shape index (κ3) is 5.18. The SMILES string of the molecule is Cc1ccc(-c2ccc(C)c(C)c2)c(N2CCC(c3c(C)ncn3SCc3ccccc3)CC2)c1. The van der Waals surface area contributed by atoms with Crippen LogP contribution in [0, 0.1) is 27.7 Å². The van der Waals surface area contributed by atoms with Crippen LogP contribution in [-0.2, 0) is 5.75 Å². The van der Waals surface area contributed by atoms with Crippen molar-refractivity contribution < 1.29 is 0 Å². The number of nitrogens with zero attached hydrogens (tertiary/aromatic N) is 3. The number of imidazole rings is 1. The van der Waals surface area contributed by atoms with Crippen LogP contribution < -0.4 is 4.90 Å². The number of aryl methyl sites for hydroxylation is 4. The summed E-state index contributed by atoms with van der Waals surface area (Å²) in [6, 6.07) is 24.5. The van der Waals surface area contributed by atoms with Gasteiger partial charge in [0.2, 0.25) is 0 Å². The first-order valence-electron chi connectivity index (χ1n) is 12.6. The standard InChI is InChI=1S/C31H35N3S/c1-22-10-13-29(28-12-11-23(2)24(3)19-28)30(18-22)33-16-14-27(15-17-33)31-25(4)32-21-34(31)35-20-26-8-6-5-7-9-26/h5-13,18-19,21,27H,14-17,20H2,1-4H3. The predicted molar refractivity (Wildman–Crippen MR) is 150 cm³/mol. The zero-order valence-corrected chi connectivity index (χ0v) is 22.1. The van der Waals surface area contributed by atoms with Crippen molar-refractivity contribution >= 4 is 17.6 Å². The van der Waals surface area contributed by atoms with Gasteiger partial charge in [-0.15, -0.1) is 0 Å². The fourth-order valence-electron chi connectivity index (χ4n) is 5.17. The largest absolute Gasteiger partial charge is 0.371 e. The molecule has 180 valence electrons. The maximum Gasteiger partial charge on any atom is 0.105 e. The van der Waals surface area contributed by atoms with E-state index in [1.165, 1.54) is 50.5 Å². The molecule has 4 heteroatoms. The second-order valence-corrected chi connectivity index (χ2v) is 10.8. The van der Waals surface area contributed by atoms with Crippen LogP contribution in [0.15, 0.2) is 73.1 Å². The number of hydrogen-bond acceptors (Lipinski definition) is 3. The Morgan fingerprint density at radius 1 is 0.857 bits per heavy atom. The average Bonchev–Trinajstić information content (AvgIpc) is 3.25. The van der Waals surface area contributed by atoms with Crippen LogP contribution in [0.1, 0.15) is 52.4 Å². The molecule has 1 aliphatic heterocycles. The van der Waals surface area contributed by atoms with Gasteiger partial charge < -0.3 is 4.90 Å². The Morgan fingerprint density at radius 2 is 1.63 bits per heavy atom. The molecule has 0 unspecified atom stereocenters. The fraction of sp³-hybridized carbons (Fsp3) is 0.323. The molecule has 1 aromatic heterocycles. The summed E-state index contributed by atoms with van der Waals surface area (Å²) in [7, 11) is 0. The molecule has 1 aliphatic rings. The quantitative estimate of drug-likeness (QED) is 0.280. The highest BCUT2D eigenvalue weighted by Crippen LogP contribution is 2.38. The number of anilines is 1. The van der Waals surface area contributed by atoms with E-state index in [0.29, 0.717) is 5.92 Å². The summed E-state index contributed by atoms with van der Waals surface area (Å²) in [6.45, 7) is 10.9. The molecule has 1 saturated heterocycles. The van der Waals surface area contributed by atoms with Crippen molar-refractivity contribution in [2.45, 2.75) is 52.2 Å². The van der Waals surface area contributed by atoms with Crippen LogP contribution in [0.3, 0.4) is 0 Å². The summed E-state index contributed by atoms with van der Waals surface area (Å²) < 4.78 is 2.33. The number of piperidine rings is 1. The van der Waals surface area contributed by atoms with E-state index in [1.54, 1.807) is 0 Å². The Hall–Kier alpha value is -2.98. The molecule has 5 rings (SSSR count). The molecular weight excluding hydrogens is 446 g/mol. The lowest BCUT2D eigenvalue weighted by molar-refractivity contribution is 0.493. The minimum absolute atomic E-state index is 0.548. The van der Waals surface area contributed by atoms with Crippen LogP contribution in [-0.4, -0.2) is 22.0 Å². The minimum Gasteiger partial charge on any atom is -0.371 e. The Balaban J connectivity index is 1.33. The molecule has 0 radical (unpaired) electrons. The van der Waals surface area contributed by atoms with Gasteiger partial charge in [-0.3, -0.25) is 3.97 Å². The lowest BCUT2D eigenvalue weighted by Crippen LogP contribution is -2.33. The van der Waals surface area contributed by atoms with E-state index in [1.807, 2.05) is 18.3 Å². The van der Waals surface area contributed by atoms with E-state index in [4.69, 9.17) is 4.98 Å². The van der Waals surface area contributed by atoms with Crippen LogP contribution in [0.5, 0.6) is 0 Å². The van der Waals surface area contributed by atoms with Crippen molar-refractivity contribution in [2.75, 3.05) is 18.0 Å². The monoisotopic (exact) mass is 481 g/mol. The first-order valence-corrected chi connectivity index (χ1v) is 13.6. The Morgan fingerprint density at radius 3 is 2.37 bits per heavy atom. The molecule has 0 N–H and O–H groups in total. The van der Waals surface area contributed by atoms with Crippen LogP contribution in [0.2, 0.25) is 0 Å². The number of aromatic nitrogens is 2. The van der Waals surface area contributed by atoms with Crippen molar-refractivity contribution in [1.29, 1.82) is 0 Å². The van der Waals surface area contributed by atoms with Crippen molar-refractivity contribution in [3.05, 3.63) is 107 Å². The Labute approximate surface area is 214 Å². The molecule has 3 aromatic carbocycles. The van der Waals surface area contributed by atoms with Gasteiger partial charge in [-0.25, -0.2) is 4.98 Å². The van der Waals surface area contributed by atoms with Crippen LogP contribution in [0.25, 0.3) is 11.1 Å². The van der Waals surface area contributed by atoms with Gasteiger partial charge in [0.15, 0.2) is 0 Å². The summed E-state index contributed by atoms with van der Waals surface area (Å²) >= 11 is 1.86. The molecule has 0 aliphatic carbocycles. The summed E-state index contributed by atoms with van der Waals surface area (Å²) in [6.07, 6.45) is 4.32. The zero-order chi connectivity index (χ0) is 24.4. The smallest absolute Gasteiger partial charge is 0.105 e. The van der Waals surface area contributed by atoms with Gasteiger partial charge in [0.1, 0.15) is 6.33 Å². The van der Waals surface area contributed by atoms with E-state index in [2.05, 4.69) is 103 Å². The third-order valence-electron chi connectivity index (χ3n) is 7.37. The molecule has 0 bridgehead atoms. The van der Waals surface area contributed by atoms with E-state index in [9.17, 15) is 0 Å². The lowest BCUT2D eigenvalue weighted by Gasteiger charge is -2.35. The molecule has 0 amide bonds. The number of hydrogen-bond donors (Lipinski definition) is 0. The summed E-state index contributed by atoms with van der Waals surface area (Å²) in [5.74, 6) is 1.51. The molecule has 0 saturated carbocycles. The zero-order valence-electron chi connectivity index (χ0n) is 21.3. The second kappa shape index (κ2) is 10.3. The summed E-state index contributed by atoms with van der Waals surface area (Å²) in [4.78, 5) is 7.29. The van der Waals surface area contributed by atoms with Gasteiger partial charge in [0.25, 0.3) is 0 Å². The molecule has 4 aromatic rings. The molecule has 0 spiro atoms. The third-order valence-corrected chi connectivity index (χ3v) is 8.40. The minimum atomic E-state index is 0.548. The predicted octanol–water partition coefficient (Wildman–Crippen LogP) is 7.86. The van der Waals surface area contributed by atoms with Crippen LogP contribution >= 0.6 is 11.9 Å². The molecule has 0 atom stereocenters. The van der Waals surface area contributed by atoms with E-state index in [0.717, 1.165) is 31.7 Å². The van der Waals surface area contributed by atoms with E-state index < -0.39 is 0 Å². The topological polar surface area (TPSA) is 21.1 Å². The van der Waals surface area contributed by atoms with Gasteiger partial charge in [-0.2, -0.15) is 0 Å². The summed E-state index contributed by atoms with van der Waals surface area (Å²) in [5, 5.41) is 0. The highest BCUT2D eigenvalue weighted by molar-refractivity contribution is 7.97. The molecule has 3 nitrogen and oxygen atoms in total. The second-order valence-electron chi connectivity index (χ2n) is 9.88. The van der Waals surface area contributed by atoms with Gasteiger partial charge in [-0.1, -0.05) is 60.7 Å². The number of benzene rings is 3. The van der Waals surface area contributed by atoms with E-state index in [-0.39, 0.29) is 0 Å². The molecule has 2 heterocycles. The van der Waals surface area contributed by atoms with E-state index >= 15 is 0 Å². The van der Waals surface area contributed by atoms with Crippen molar-refractivity contribution in [3.8, 4) is 11.1 Å².